The Morgan fingerprint density at radius 2 is 1.91 bits per heavy atom. The molecule has 4 rings (SSSR count). The number of nitrogens with zero attached hydrogens (tertiary/aromatic N) is 2. The van der Waals surface area contributed by atoms with Crippen LogP contribution < -0.4 is 0 Å². The molecule has 2 heterocycles. The Labute approximate surface area is 202 Å². The molecule has 0 N–H and O–H groups in total. The summed E-state index contributed by atoms with van der Waals surface area (Å²) < 4.78 is 47.6. The number of amides is 1. The molecule has 186 valence electrons. The van der Waals surface area contributed by atoms with Crippen LogP contribution in [0.1, 0.15) is 48.8 Å². The minimum absolute atomic E-state index is 0.00482. The molecule has 0 saturated carbocycles. The van der Waals surface area contributed by atoms with Crippen LogP contribution in [0.15, 0.2) is 54.7 Å². The van der Waals surface area contributed by atoms with Crippen molar-refractivity contribution in [3.8, 4) is 0 Å². The Morgan fingerprint density at radius 1 is 1.14 bits per heavy atom. The molecule has 8 heteroatoms. The number of hydrogen-bond acceptors (Lipinski definition) is 3. The molecule has 3 aromatic rings. The van der Waals surface area contributed by atoms with Gasteiger partial charge in [0.15, 0.2) is 0 Å². The number of hydrogen-bond donors (Lipinski definition) is 0. The van der Waals surface area contributed by atoms with Crippen LogP contribution in [0.25, 0.3) is 10.9 Å². The second-order valence-corrected chi connectivity index (χ2v) is 9.02. The van der Waals surface area contributed by atoms with E-state index in [0.717, 1.165) is 28.6 Å². The molecule has 1 aliphatic rings. The number of likely N-dealkylation sites (tertiary alicyclic amines) is 1. The van der Waals surface area contributed by atoms with Gasteiger partial charge in [-0.25, -0.2) is 0 Å². The summed E-state index contributed by atoms with van der Waals surface area (Å²) in [5.74, 6) is -1.45. The SMILES string of the molecule is CCOC(=O)C1CCCN(C(=O)CC(c2cccc(C(F)(F)F)c2)c2cn(C)c3ccccc23)C1. The Morgan fingerprint density at radius 3 is 2.66 bits per heavy atom. The number of carbonyl (C=O) groups is 2. The fourth-order valence-electron chi connectivity index (χ4n) is 4.95. The summed E-state index contributed by atoms with van der Waals surface area (Å²) in [6, 6.07) is 12.9. The quantitative estimate of drug-likeness (QED) is 0.431. The van der Waals surface area contributed by atoms with Gasteiger partial charge in [0.05, 0.1) is 18.1 Å². The molecular weight excluding hydrogens is 457 g/mol. The van der Waals surface area contributed by atoms with E-state index in [0.29, 0.717) is 24.9 Å². The third kappa shape index (κ3) is 5.36. The summed E-state index contributed by atoms with van der Waals surface area (Å²) in [4.78, 5) is 27.3. The van der Waals surface area contributed by atoms with Gasteiger partial charge in [0.2, 0.25) is 5.91 Å². The Bertz CT molecular complexity index is 1220. The monoisotopic (exact) mass is 486 g/mol. The fraction of sp³-hybridized carbons (Fsp3) is 0.407. The molecule has 1 amide bonds. The van der Waals surface area contributed by atoms with E-state index in [-0.39, 0.29) is 37.4 Å². The first-order chi connectivity index (χ1) is 16.7. The van der Waals surface area contributed by atoms with Crippen molar-refractivity contribution in [1.29, 1.82) is 0 Å². The van der Waals surface area contributed by atoms with Crippen molar-refractivity contribution in [2.75, 3.05) is 19.7 Å². The topological polar surface area (TPSA) is 51.5 Å². The molecule has 0 radical (unpaired) electrons. The van der Waals surface area contributed by atoms with Crippen molar-refractivity contribution < 1.29 is 27.5 Å². The average molecular weight is 487 g/mol. The van der Waals surface area contributed by atoms with Gasteiger partial charge in [-0.3, -0.25) is 9.59 Å². The van der Waals surface area contributed by atoms with Crippen molar-refractivity contribution in [3.05, 3.63) is 71.4 Å². The molecule has 2 unspecified atom stereocenters. The zero-order chi connectivity index (χ0) is 25.2. The molecule has 1 fully saturated rings. The maximum atomic E-state index is 13.5. The van der Waals surface area contributed by atoms with E-state index in [1.165, 1.54) is 6.07 Å². The van der Waals surface area contributed by atoms with Gasteiger partial charge in [0.25, 0.3) is 0 Å². The van der Waals surface area contributed by atoms with Crippen LogP contribution in [0.4, 0.5) is 13.2 Å². The van der Waals surface area contributed by atoms with E-state index in [1.54, 1.807) is 17.9 Å². The lowest BCUT2D eigenvalue weighted by atomic mass is 9.86. The molecule has 35 heavy (non-hydrogen) atoms. The molecule has 2 atom stereocenters. The Kier molecular flexibility index (Phi) is 7.19. The highest BCUT2D eigenvalue weighted by atomic mass is 19.4. The van der Waals surface area contributed by atoms with Crippen molar-refractivity contribution in [2.45, 2.75) is 38.3 Å². The molecule has 0 spiro atoms. The third-order valence-electron chi connectivity index (χ3n) is 6.69. The van der Waals surface area contributed by atoms with E-state index in [2.05, 4.69) is 0 Å². The Balaban J connectivity index is 1.69. The molecule has 0 aliphatic carbocycles. The molecule has 0 bridgehead atoms. The minimum Gasteiger partial charge on any atom is -0.466 e. The first-order valence-corrected chi connectivity index (χ1v) is 11.8. The number of para-hydroxylation sites is 1. The zero-order valence-corrected chi connectivity index (χ0v) is 19.8. The van der Waals surface area contributed by atoms with Crippen molar-refractivity contribution in [1.82, 2.24) is 9.47 Å². The van der Waals surface area contributed by atoms with Crippen LogP contribution in [0, 0.1) is 5.92 Å². The fourth-order valence-corrected chi connectivity index (χ4v) is 4.95. The molecule has 1 aromatic heterocycles. The van der Waals surface area contributed by atoms with Gasteiger partial charge < -0.3 is 14.2 Å². The number of aryl methyl sites for hydroxylation is 1. The van der Waals surface area contributed by atoms with Gasteiger partial charge >= 0.3 is 12.1 Å². The number of benzene rings is 2. The van der Waals surface area contributed by atoms with E-state index in [4.69, 9.17) is 4.74 Å². The normalized spacial score (nSPS) is 17.4. The number of aromatic nitrogens is 1. The van der Waals surface area contributed by atoms with Crippen LogP contribution in [-0.2, 0) is 27.5 Å². The smallest absolute Gasteiger partial charge is 0.416 e. The summed E-state index contributed by atoms with van der Waals surface area (Å²) in [5, 5.41) is 0.897. The van der Waals surface area contributed by atoms with Crippen LogP contribution in [0.5, 0.6) is 0 Å². The summed E-state index contributed by atoms with van der Waals surface area (Å²) >= 11 is 0. The van der Waals surface area contributed by atoms with Gasteiger partial charge in [0, 0.05) is 49.6 Å². The van der Waals surface area contributed by atoms with E-state index >= 15 is 0 Å². The summed E-state index contributed by atoms with van der Waals surface area (Å²) in [6.45, 7) is 2.80. The molecule has 2 aromatic carbocycles. The summed E-state index contributed by atoms with van der Waals surface area (Å²) in [5.41, 5.74) is 1.43. The average Bonchev–Trinajstić information content (AvgIpc) is 3.18. The number of esters is 1. The predicted molar refractivity (Wildman–Crippen MR) is 127 cm³/mol. The number of ether oxygens (including phenoxy) is 1. The van der Waals surface area contributed by atoms with Gasteiger partial charge in [-0.15, -0.1) is 0 Å². The van der Waals surface area contributed by atoms with Crippen molar-refractivity contribution >= 4 is 22.8 Å². The third-order valence-corrected chi connectivity index (χ3v) is 6.69. The first kappa shape index (κ1) is 24.8. The lowest BCUT2D eigenvalue weighted by Crippen LogP contribution is -2.43. The predicted octanol–water partition coefficient (Wildman–Crippen LogP) is 5.52. The second kappa shape index (κ2) is 10.1. The van der Waals surface area contributed by atoms with Gasteiger partial charge in [-0.2, -0.15) is 13.2 Å². The number of carbonyl (C=O) groups excluding carboxylic acids is 2. The lowest BCUT2D eigenvalue weighted by molar-refractivity contribution is -0.151. The highest BCUT2D eigenvalue weighted by Crippen LogP contribution is 2.38. The lowest BCUT2D eigenvalue weighted by Gasteiger charge is -2.32. The number of halogens is 3. The van der Waals surface area contributed by atoms with Crippen molar-refractivity contribution in [2.24, 2.45) is 13.0 Å². The van der Waals surface area contributed by atoms with E-state index < -0.39 is 17.7 Å². The number of rotatable bonds is 6. The van der Waals surface area contributed by atoms with Crippen LogP contribution in [0.3, 0.4) is 0 Å². The van der Waals surface area contributed by atoms with E-state index in [9.17, 15) is 22.8 Å². The molecule has 1 saturated heterocycles. The van der Waals surface area contributed by atoms with Crippen LogP contribution >= 0.6 is 0 Å². The highest BCUT2D eigenvalue weighted by Gasteiger charge is 2.34. The first-order valence-electron chi connectivity index (χ1n) is 11.8. The van der Waals surface area contributed by atoms with Gasteiger partial charge in [-0.1, -0.05) is 36.4 Å². The zero-order valence-electron chi connectivity index (χ0n) is 19.8. The summed E-state index contributed by atoms with van der Waals surface area (Å²) in [7, 11) is 1.88. The maximum Gasteiger partial charge on any atom is 0.416 e. The molecule has 1 aliphatic heterocycles. The van der Waals surface area contributed by atoms with Crippen molar-refractivity contribution in [3.63, 3.8) is 0 Å². The number of fused-ring (bicyclic) bond motifs is 1. The number of piperidine rings is 1. The number of alkyl halides is 3. The summed E-state index contributed by atoms with van der Waals surface area (Å²) in [6.07, 6.45) is -1.25. The molecular formula is C27H29F3N2O3. The second-order valence-electron chi connectivity index (χ2n) is 9.02. The van der Waals surface area contributed by atoms with Gasteiger partial charge in [0.1, 0.15) is 0 Å². The van der Waals surface area contributed by atoms with Crippen LogP contribution in [-0.4, -0.2) is 41.0 Å². The van der Waals surface area contributed by atoms with Gasteiger partial charge in [-0.05, 0) is 43.0 Å². The molecule has 5 nitrogen and oxygen atoms in total. The largest absolute Gasteiger partial charge is 0.466 e. The highest BCUT2D eigenvalue weighted by molar-refractivity contribution is 5.87. The maximum absolute atomic E-state index is 13.5. The minimum atomic E-state index is -4.48. The standard InChI is InChI=1S/C27H29F3N2O3/c1-3-35-26(34)19-9-7-13-32(16-19)25(33)15-22(18-8-6-10-20(14-18)27(28,29)30)23-17-31(2)24-12-5-4-11-21(23)24/h4-6,8,10-12,14,17,19,22H,3,7,9,13,15-16H2,1-2H3. The Hall–Kier alpha value is -3.29. The van der Waals surface area contributed by atoms with E-state index in [1.807, 2.05) is 42.1 Å². The van der Waals surface area contributed by atoms with Crippen LogP contribution in [0.2, 0.25) is 0 Å².